The van der Waals surface area contributed by atoms with Crippen LogP contribution in [-0.2, 0) is 17.8 Å². The number of hydrogen-bond acceptors (Lipinski definition) is 4. The molecule has 0 unspecified atom stereocenters. The standard InChI is InChI=1S/C25H27N3O3/c1-28(17-13-20-11-15-26-16-12-20)25(30)22-9-7-21(8-10-22)19-27-24(29)14-18-31-23-5-3-2-4-6-23/h2-12,15-16H,13-14,17-19H2,1H3,(H,27,29). The molecule has 0 bridgehead atoms. The Kier molecular flexibility index (Phi) is 8.17. The van der Waals surface area contributed by atoms with Crippen LogP contribution in [0.2, 0.25) is 0 Å². The molecule has 1 aromatic heterocycles. The summed E-state index contributed by atoms with van der Waals surface area (Å²) in [6, 6.07) is 20.6. The lowest BCUT2D eigenvalue weighted by Gasteiger charge is -2.17. The van der Waals surface area contributed by atoms with E-state index in [4.69, 9.17) is 4.74 Å². The van der Waals surface area contributed by atoms with Crippen LogP contribution in [0, 0.1) is 0 Å². The Balaban J connectivity index is 1.39. The normalized spacial score (nSPS) is 10.4. The minimum Gasteiger partial charge on any atom is -0.493 e. The van der Waals surface area contributed by atoms with Gasteiger partial charge in [-0.2, -0.15) is 0 Å². The third kappa shape index (κ3) is 7.26. The molecular weight excluding hydrogens is 390 g/mol. The molecule has 0 radical (unpaired) electrons. The molecule has 2 amide bonds. The second kappa shape index (κ2) is 11.5. The summed E-state index contributed by atoms with van der Waals surface area (Å²) in [4.78, 5) is 30.3. The van der Waals surface area contributed by atoms with Gasteiger partial charge in [-0.1, -0.05) is 30.3 Å². The summed E-state index contributed by atoms with van der Waals surface area (Å²) < 4.78 is 5.54. The fourth-order valence-corrected chi connectivity index (χ4v) is 3.00. The number of benzene rings is 2. The molecular formula is C25H27N3O3. The molecule has 3 aromatic rings. The lowest BCUT2D eigenvalue weighted by molar-refractivity contribution is -0.121. The number of carbonyl (C=O) groups is 2. The van der Waals surface area contributed by atoms with Gasteiger partial charge in [0.1, 0.15) is 5.75 Å². The summed E-state index contributed by atoms with van der Waals surface area (Å²) in [5, 5.41) is 2.88. The van der Waals surface area contributed by atoms with Crippen molar-refractivity contribution in [3.8, 4) is 5.75 Å². The highest BCUT2D eigenvalue weighted by molar-refractivity contribution is 5.94. The second-order valence-corrected chi connectivity index (χ2v) is 7.22. The number of nitrogens with one attached hydrogen (secondary N) is 1. The molecule has 0 atom stereocenters. The summed E-state index contributed by atoms with van der Waals surface area (Å²) in [6.45, 7) is 1.37. The van der Waals surface area contributed by atoms with Crippen LogP contribution in [-0.4, -0.2) is 41.9 Å². The Labute approximate surface area is 182 Å². The molecule has 31 heavy (non-hydrogen) atoms. The highest BCUT2D eigenvalue weighted by Gasteiger charge is 2.11. The van der Waals surface area contributed by atoms with E-state index >= 15 is 0 Å². The van der Waals surface area contributed by atoms with Crippen molar-refractivity contribution in [1.82, 2.24) is 15.2 Å². The van der Waals surface area contributed by atoms with Crippen molar-refractivity contribution in [3.05, 3.63) is 95.8 Å². The number of amides is 2. The van der Waals surface area contributed by atoms with E-state index in [0.717, 1.165) is 23.3 Å². The molecule has 1 N–H and O–H groups in total. The van der Waals surface area contributed by atoms with E-state index in [-0.39, 0.29) is 18.2 Å². The van der Waals surface area contributed by atoms with Crippen molar-refractivity contribution < 1.29 is 14.3 Å². The molecule has 160 valence electrons. The summed E-state index contributed by atoms with van der Waals surface area (Å²) in [5.74, 6) is 0.649. The van der Waals surface area contributed by atoms with Crippen LogP contribution in [0.1, 0.15) is 27.9 Å². The van der Waals surface area contributed by atoms with Crippen LogP contribution < -0.4 is 10.1 Å². The predicted molar refractivity (Wildman–Crippen MR) is 120 cm³/mol. The third-order valence-corrected chi connectivity index (χ3v) is 4.86. The highest BCUT2D eigenvalue weighted by Crippen LogP contribution is 2.10. The van der Waals surface area contributed by atoms with E-state index in [0.29, 0.717) is 25.3 Å². The van der Waals surface area contributed by atoms with E-state index in [2.05, 4.69) is 10.3 Å². The Morgan fingerprint density at radius 2 is 1.65 bits per heavy atom. The Hall–Kier alpha value is -3.67. The van der Waals surface area contributed by atoms with Gasteiger partial charge in [-0.3, -0.25) is 14.6 Å². The largest absolute Gasteiger partial charge is 0.493 e. The zero-order chi connectivity index (χ0) is 21.9. The van der Waals surface area contributed by atoms with E-state index in [1.165, 1.54) is 0 Å². The smallest absolute Gasteiger partial charge is 0.253 e. The van der Waals surface area contributed by atoms with Crippen LogP contribution in [0.25, 0.3) is 0 Å². The first kappa shape index (κ1) is 22.0. The molecule has 1 heterocycles. The lowest BCUT2D eigenvalue weighted by Crippen LogP contribution is -2.29. The van der Waals surface area contributed by atoms with Gasteiger partial charge in [0.2, 0.25) is 5.91 Å². The number of nitrogens with zero attached hydrogens (tertiary/aromatic N) is 2. The first-order valence-electron chi connectivity index (χ1n) is 10.3. The van der Waals surface area contributed by atoms with Crippen LogP contribution in [0.4, 0.5) is 0 Å². The van der Waals surface area contributed by atoms with Crippen molar-refractivity contribution >= 4 is 11.8 Å². The summed E-state index contributed by atoms with van der Waals surface area (Å²) >= 11 is 0. The molecule has 0 fully saturated rings. The Morgan fingerprint density at radius 1 is 0.935 bits per heavy atom. The SMILES string of the molecule is CN(CCc1ccncc1)C(=O)c1ccc(CNC(=O)CCOc2ccccc2)cc1. The second-order valence-electron chi connectivity index (χ2n) is 7.22. The van der Waals surface area contributed by atoms with Crippen molar-refractivity contribution in [2.75, 3.05) is 20.2 Å². The maximum absolute atomic E-state index is 12.6. The number of aromatic nitrogens is 1. The zero-order valence-electron chi connectivity index (χ0n) is 17.7. The number of pyridine rings is 1. The van der Waals surface area contributed by atoms with E-state index in [1.807, 2.05) is 54.6 Å². The molecule has 0 saturated heterocycles. The highest BCUT2D eigenvalue weighted by atomic mass is 16.5. The van der Waals surface area contributed by atoms with Gasteiger partial charge in [-0.15, -0.1) is 0 Å². The number of para-hydroxylation sites is 1. The Bertz CT molecular complexity index is 960. The molecule has 0 aliphatic heterocycles. The molecule has 3 rings (SSSR count). The monoisotopic (exact) mass is 417 g/mol. The number of carbonyl (C=O) groups excluding carboxylic acids is 2. The Morgan fingerprint density at radius 3 is 2.35 bits per heavy atom. The third-order valence-electron chi connectivity index (χ3n) is 4.86. The van der Waals surface area contributed by atoms with E-state index < -0.39 is 0 Å². The molecule has 0 aliphatic carbocycles. The van der Waals surface area contributed by atoms with Gasteiger partial charge in [0, 0.05) is 38.1 Å². The van der Waals surface area contributed by atoms with E-state index in [9.17, 15) is 9.59 Å². The molecule has 0 spiro atoms. The van der Waals surface area contributed by atoms with Crippen LogP contribution in [0.5, 0.6) is 5.75 Å². The number of likely N-dealkylation sites (N-methyl/N-ethyl adjacent to an activating group) is 1. The van der Waals surface area contributed by atoms with Crippen LogP contribution in [0.3, 0.4) is 0 Å². The van der Waals surface area contributed by atoms with Gasteiger partial charge in [-0.25, -0.2) is 0 Å². The minimum atomic E-state index is -0.0769. The lowest BCUT2D eigenvalue weighted by atomic mass is 10.1. The summed E-state index contributed by atoms with van der Waals surface area (Å²) in [7, 11) is 1.80. The van der Waals surface area contributed by atoms with Crippen LogP contribution >= 0.6 is 0 Å². The summed E-state index contributed by atoms with van der Waals surface area (Å²) in [6.07, 6.45) is 4.58. The first-order chi connectivity index (χ1) is 15.1. The topological polar surface area (TPSA) is 71.5 Å². The minimum absolute atomic E-state index is 0.0253. The van der Waals surface area contributed by atoms with Crippen LogP contribution in [0.15, 0.2) is 79.1 Å². The van der Waals surface area contributed by atoms with Gasteiger partial charge < -0.3 is 15.0 Å². The van der Waals surface area contributed by atoms with Gasteiger partial charge >= 0.3 is 0 Å². The molecule has 2 aromatic carbocycles. The number of hydrogen-bond donors (Lipinski definition) is 1. The van der Waals surface area contributed by atoms with Gasteiger partial charge in [0.15, 0.2) is 0 Å². The predicted octanol–water partition coefficient (Wildman–Crippen LogP) is 3.48. The van der Waals surface area contributed by atoms with Crippen molar-refractivity contribution in [2.24, 2.45) is 0 Å². The molecule has 6 nitrogen and oxygen atoms in total. The zero-order valence-corrected chi connectivity index (χ0v) is 17.7. The molecule has 0 aliphatic rings. The van der Waals surface area contributed by atoms with Crippen molar-refractivity contribution in [2.45, 2.75) is 19.4 Å². The van der Waals surface area contributed by atoms with Gasteiger partial charge in [-0.05, 0) is 53.9 Å². The first-order valence-corrected chi connectivity index (χ1v) is 10.3. The van der Waals surface area contributed by atoms with Crippen molar-refractivity contribution in [3.63, 3.8) is 0 Å². The molecule has 0 saturated carbocycles. The number of ether oxygens (including phenoxy) is 1. The number of rotatable bonds is 10. The average molecular weight is 418 g/mol. The maximum Gasteiger partial charge on any atom is 0.253 e. The summed E-state index contributed by atoms with van der Waals surface area (Å²) in [5.41, 5.74) is 2.71. The van der Waals surface area contributed by atoms with Crippen molar-refractivity contribution in [1.29, 1.82) is 0 Å². The van der Waals surface area contributed by atoms with Gasteiger partial charge in [0.05, 0.1) is 13.0 Å². The fraction of sp³-hybridized carbons (Fsp3) is 0.240. The van der Waals surface area contributed by atoms with Gasteiger partial charge in [0.25, 0.3) is 5.91 Å². The van der Waals surface area contributed by atoms with E-state index in [1.54, 1.807) is 36.5 Å². The maximum atomic E-state index is 12.6. The fourth-order valence-electron chi connectivity index (χ4n) is 3.00. The quantitative estimate of drug-likeness (QED) is 0.548. The average Bonchev–Trinajstić information content (AvgIpc) is 2.82. The molecule has 6 heteroatoms.